The number of nitrogens with zero attached hydrogens (tertiary/aromatic N) is 3. The first-order chi connectivity index (χ1) is 10.6. The molecule has 0 radical (unpaired) electrons. The molecule has 1 fully saturated rings. The fraction of sp³-hybridized carbons (Fsp3) is 0.562. The molecule has 118 valence electrons. The topological polar surface area (TPSA) is 59.2 Å². The molecule has 0 bridgehead atoms. The predicted octanol–water partition coefficient (Wildman–Crippen LogP) is 3.33. The first-order valence-electron chi connectivity index (χ1n) is 7.77. The highest BCUT2D eigenvalue weighted by Crippen LogP contribution is 2.29. The number of piperidine rings is 1. The van der Waals surface area contributed by atoms with Crippen LogP contribution >= 0.6 is 11.3 Å². The van der Waals surface area contributed by atoms with E-state index in [1.807, 2.05) is 17.9 Å². The molecular formula is C16H21N3O2S. The van der Waals surface area contributed by atoms with Crippen molar-refractivity contribution in [3.63, 3.8) is 0 Å². The summed E-state index contributed by atoms with van der Waals surface area (Å²) in [5.74, 6) is 1.83. The van der Waals surface area contributed by atoms with Crippen molar-refractivity contribution in [1.82, 2.24) is 15.0 Å². The van der Waals surface area contributed by atoms with Crippen molar-refractivity contribution in [2.24, 2.45) is 0 Å². The number of amides is 1. The van der Waals surface area contributed by atoms with Gasteiger partial charge >= 0.3 is 0 Å². The van der Waals surface area contributed by atoms with Crippen LogP contribution in [0.1, 0.15) is 57.5 Å². The van der Waals surface area contributed by atoms with Crippen molar-refractivity contribution >= 4 is 17.2 Å². The van der Waals surface area contributed by atoms with E-state index in [0.29, 0.717) is 11.7 Å². The molecule has 1 aliphatic rings. The van der Waals surface area contributed by atoms with E-state index in [1.54, 1.807) is 11.3 Å². The minimum atomic E-state index is 0.160. The van der Waals surface area contributed by atoms with Gasteiger partial charge in [-0.1, -0.05) is 12.1 Å². The summed E-state index contributed by atoms with van der Waals surface area (Å²) in [7, 11) is 0. The van der Waals surface area contributed by atoms with Crippen LogP contribution in [0.3, 0.4) is 0 Å². The van der Waals surface area contributed by atoms with Crippen molar-refractivity contribution in [2.45, 2.75) is 46.0 Å². The average Bonchev–Trinajstić information content (AvgIpc) is 3.12. The molecule has 0 N–H and O–H groups in total. The Kier molecular flexibility index (Phi) is 4.29. The second kappa shape index (κ2) is 6.20. The van der Waals surface area contributed by atoms with Crippen molar-refractivity contribution in [2.75, 3.05) is 13.1 Å². The van der Waals surface area contributed by atoms with Gasteiger partial charge in [-0.25, -0.2) is 0 Å². The molecule has 0 saturated carbocycles. The molecule has 3 rings (SSSR count). The van der Waals surface area contributed by atoms with Crippen LogP contribution in [0.15, 0.2) is 10.6 Å². The summed E-state index contributed by atoms with van der Waals surface area (Å²) in [6, 6.07) is 2.03. The number of aryl methyl sites for hydroxylation is 3. The van der Waals surface area contributed by atoms with Gasteiger partial charge in [-0.2, -0.15) is 4.98 Å². The van der Waals surface area contributed by atoms with E-state index in [-0.39, 0.29) is 11.8 Å². The molecule has 0 spiro atoms. The molecule has 5 nitrogen and oxygen atoms in total. The summed E-state index contributed by atoms with van der Waals surface area (Å²) in [6.07, 6.45) is 2.76. The molecule has 6 heteroatoms. The minimum absolute atomic E-state index is 0.160. The second-order valence-electron chi connectivity index (χ2n) is 5.82. The number of aromatic nitrogens is 2. The Morgan fingerprint density at radius 3 is 2.68 bits per heavy atom. The van der Waals surface area contributed by atoms with Crippen LogP contribution in [0.2, 0.25) is 0 Å². The monoisotopic (exact) mass is 319 g/mol. The maximum Gasteiger partial charge on any atom is 0.263 e. The Hall–Kier alpha value is -1.69. The fourth-order valence-corrected chi connectivity index (χ4v) is 4.02. The fourth-order valence-electron chi connectivity index (χ4n) is 2.94. The van der Waals surface area contributed by atoms with Crippen LogP contribution < -0.4 is 0 Å². The van der Waals surface area contributed by atoms with Crippen molar-refractivity contribution < 1.29 is 9.32 Å². The molecule has 1 amide bonds. The summed E-state index contributed by atoms with van der Waals surface area (Å²) < 4.78 is 5.26. The molecule has 0 unspecified atom stereocenters. The van der Waals surface area contributed by atoms with Crippen LogP contribution in [-0.2, 0) is 6.42 Å². The lowest BCUT2D eigenvalue weighted by Crippen LogP contribution is -2.37. The van der Waals surface area contributed by atoms with E-state index in [1.165, 1.54) is 10.4 Å². The van der Waals surface area contributed by atoms with Crippen molar-refractivity contribution in [1.29, 1.82) is 0 Å². The van der Waals surface area contributed by atoms with Crippen LogP contribution in [0, 0.1) is 13.8 Å². The van der Waals surface area contributed by atoms with E-state index < -0.39 is 0 Å². The summed E-state index contributed by atoms with van der Waals surface area (Å²) in [6.45, 7) is 7.55. The number of rotatable bonds is 3. The quantitative estimate of drug-likeness (QED) is 0.870. The molecule has 3 heterocycles. The van der Waals surface area contributed by atoms with Gasteiger partial charge in [0.1, 0.15) is 0 Å². The third kappa shape index (κ3) is 2.92. The largest absolute Gasteiger partial charge is 0.339 e. The number of carbonyl (C=O) groups is 1. The number of thiophene rings is 1. The average molecular weight is 319 g/mol. The molecular weight excluding hydrogens is 298 g/mol. The van der Waals surface area contributed by atoms with Gasteiger partial charge in [-0.3, -0.25) is 4.79 Å². The van der Waals surface area contributed by atoms with E-state index in [2.05, 4.69) is 24.0 Å². The highest BCUT2D eigenvalue weighted by molar-refractivity contribution is 7.14. The Bertz CT molecular complexity index is 669. The lowest BCUT2D eigenvalue weighted by atomic mass is 9.96. The first kappa shape index (κ1) is 15.2. The SMILES string of the molecule is CCc1sc(C(=O)N2CCC(c3nc(C)no3)CC2)cc1C. The minimum Gasteiger partial charge on any atom is -0.339 e. The van der Waals surface area contributed by atoms with Crippen molar-refractivity contribution in [3.05, 3.63) is 33.1 Å². The zero-order chi connectivity index (χ0) is 15.7. The third-order valence-electron chi connectivity index (χ3n) is 4.23. The van der Waals surface area contributed by atoms with E-state index in [4.69, 9.17) is 4.52 Å². The summed E-state index contributed by atoms with van der Waals surface area (Å²) in [4.78, 5) is 21.0. The van der Waals surface area contributed by atoms with Crippen molar-refractivity contribution in [3.8, 4) is 0 Å². The lowest BCUT2D eigenvalue weighted by Gasteiger charge is -2.30. The maximum absolute atomic E-state index is 12.6. The molecule has 0 aromatic carbocycles. The molecule has 2 aromatic heterocycles. The van der Waals surface area contributed by atoms with Gasteiger partial charge in [-0.15, -0.1) is 11.3 Å². The zero-order valence-corrected chi connectivity index (χ0v) is 14.1. The molecule has 0 aliphatic carbocycles. The Balaban J connectivity index is 1.64. The van der Waals surface area contributed by atoms with Gasteiger partial charge in [0, 0.05) is 23.9 Å². The van der Waals surface area contributed by atoms with Gasteiger partial charge in [0.15, 0.2) is 5.82 Å². The van der Waals surface area contributed by atoms with Crippen LogP contribution in [0.4, 0.5) is 0 Å². The van der Waals surface area contributed by atoms with E-state index >= 15 is 0 Å². The molecule has 2 aromatic rings. The highest BCUT2D eigenvalue weighted by atomic mass is 32.1. The summed E-state index contributed by atoms with van der Waals surface area (Å²) >= 11 is 1.63. The van der Waals surface area contributed by atoms with Gasteiger partial charge in [-0.05, 0) is 44.7 Å². The normalized spacial score (nSPS) is 16.2. The smallest absolute Gasteiger partial charge is 0.263 e. The number of hydrogen-bond acceptors (Lipinski definition) is 5. The van der Waals surface area contributed by atoms with Gasteiger partial charge < -0.3 is 9.42 Å². The molecule has 0 atom stereocenters. The van der Waals surface area contributed by atoms with Crippen LogP contribution in [0.25, 0.3) is 0 Å². The Labute approximate surface area is 134 Å². The van der Waals surface area contributed by atoms with E-state index in [9.17, 15) is 4.79 Å². The number of likely N-dealkylation sites (tertiary alicyclic amines) is 1. The van der Waals surface area contributed by atoms with Gasteiger partial charge in [0.25, 0.3) is 5.91 Å². The molecule has 22 heavy (non-hydrogen) atoms. The summed E-state index contributed by atoms with van der Waals surface area (Å²) in [5.41, 5.74) is 1.23. The van der Waals surface area contributed by atoms with Gasteiger partial charge in [0.05, 0.1) is 4.88 Å². The van der Waals surface area contributed by atoms with E-state index in [0.717, 1.165) is 37.2 Å². The molecule has 1 saturated heterocycles. The lowest BCUT2D eigenvalue weighted by molar-refractivity contribution is 0.0709. The maximum atomic E-state index is 12.6. The van der Waals surface area contributed by atoms with Gasteiger partial charge in [0.2, 0.25) is 5.89 Å². The highest BCUT2D eigenvalue weighted by Gasteiger charge is 2.28. The Morgan fingerprint density at radius 2 is 2.14 bits per heavy atom. The van der Waals surface area contributed by atoms with Crippen LogP contribution in [0.5, 0.6) is 0 Å². The number of carbonyl (C=O) groups excluding carboxylic acids is 1. The second-order valence-corrected chi connectivity index (χ2v) is 6.95. The zero-order valence-electron chi connectivity index (χ0n) is 13.3. The Morgan fingerprint density at radius 1 is 1.41 bits per heavy atom. The molecule has 1 aliphatic heterocycles. The third-order valence-corrected chi connectivity index (χ3v) is 5.60. The van der Waals surface area contributed by atoms with Crippen LogP contribution in [-0.4, -0.2) is 34.0 Å². The standard InChI is InChI=1S/C16H21N3O2S/c1-4-13-10(2)9-14(22-13)16(20)19-7-5-12(6-8-19)15-17-11(3)18-21-15/h9,12H,4-8H2,1-3H3. The summed E-state index contributed by atoms with van der Waals surface area (Å²) in [5, 5.41) is 3.85. The predicted molar refractivity (Wildman–Crippen MR) is 85.3 cm³/mol. The number of hydrogen-bond donors (Lipinski definition) is 0. The first-order valence-corrected chi connectivity index (χ1v) is 8.59.